The van der Waals surface area contributed by atoms with E-state index in [1.165, 1.54) is 12.1 Å². The summed E-state index contributed by atoms with van der Waals surface area (Å²) in [4.78, 5) is 23.8. The van der Waals surface area contributed by atoms with E-state index in [1.54, 1.807) is 31.2 Å². The van der Waals surface area contributed by atoms with Gasteiger partial charge in [0.2, 0.25) is 5.91 Å². The van der Waals surface area contributed by atoms with Gasteiger partial charge >= 0.3 is 5.97 Å². The molecule has 0 atom stereocenters. The van der Waals surface area contributed by atoms with Crippen molar-refractivity contribution in [3.63, 3.8) is 0 Å². The van der Waals surface area contributed by atoms with Crippen molar-refractivity contribution in [2.75, 3.05) is 11.9 Å². The highest BCUT2D eigenvalue weighted by Gasteiger charge is 2.13. The maximum atomic E-state index is 12.1. The van der Waals surface area contributed by atoms with Gasteiger partial charge in [-0.2, -0.15) is 0 Å². The molecule has 0 bridgehead atoms. The Labute approximate surface area is 161 Å². The molecule has 0 aliphatic carbocycles. The summed E-state index contributed by atoms with van der Waals surface area (Å²) in [6, 6.07) is 9.81. The molecule has 0 spiro atoms. The van der Waals surface area contributed by atoms with Gasteiger partial charge in [0.1, 0.15) is 0 Å². The monoisotopic (exact) mass is 399 g/mol. The van der Waals surface area contributed by atoms with Gasteiger partial charge in [-0.05, 0) is 49.2 Å². The van der Waals surface area contributed by atoms with Gasteiger partial charge in [-0.1, -0.05) is 40.9 Å². The Balaban J connectivity index is 1.96. The minimum absolute atomic E-state index is 0.189. The van der Waals surface area contributed by atoms with Crippen LogP contribution in [0.2, 0.25) is 15.1 Å². The third kappa shape index (κ3) is 5.63. The zero-order valence-corrected chi connectivity index (χ0v) is 15.7. The molecule has 2 aromatic rings. The van der Waals surface area contributed by atoms with E-state index < -0.39 is 5.97 Å². The first-order valence-electron chi connectivity index (χ1n) is 7.61. The second-order valence-corrected chi connectivity index (χ2v) is 6.45. The number of nitrogens with one attached hydrogen (secondary N) is 1. The van der Waals surface area contributed by atoms with E-state index >= 15 is 0 Å². The molecule has 0 radical (unpaired) electrons. The molecular weight excluding hydrogens is 385 g/mol. The van der Waals surface area contributed by atoms with Crippen LogP contribution in [-0.2, 0) is 16.0 Å². The van der Waals surface area contributed by atoms with Crippen LogP contribution in [0.15, 0.2) is 36.4 Å². The minimum Gasteiger partial charge on any atom is -0.462 e. The summed E-state index contributed by atoms with van der Waals surface area (Å²) in [6.07, 6.45) is 0.731. The number of carbonyl (C=O) groups is 2. The number of esters is 1. The quantitative estimate of drug-likeness (QED) is 0.661. The Kier molecular flexibility index (Phi) is 7.12. The maximum Gasteiger partial charge on any atom is 0.339 e. The fraction of sp³-hybridized carbons (Fsp3) is 0.222. The van der Waals surface area contributed by atoms with Crippen molar-refractivity contribution in [3.05, 3.63) is 62.6 Å². The van der Waals surface area contributed by atoms with Crippen molar-refractivity contribution in [1.29, 1.82) is 0 Å². The van der Waals surface area contributed by atoms with Crippen LogP contribution in [0, 0.1) is 0 Å². The van der Waals surface area contributed by atoms with E-state index in [9.17, 15) is 9.59 Å². The Bertz CT molecular complexity index is 793. The third-order valence-corrected chi connectivity index (χ3v) is 4.28. The molecule has 0 aliphatic rings. The molecule has 0 saturated heterocycles. The predicted octanol–water partition coefficient (Wildman–Crippen LogP) is 5.39. The highest BCUT2D eigenvalue weighted by molar-refractivity contribution is 6.35. The van der Waals surface area contributed by atoms with Crippen LogP contribution in [0.25, 0.3) is 0 Å². The highest BCUT2D eigenvalue weighted by Crippen LogP contribution is 2.24. The van der Waals surface area contributed by atoms with E-state index in [-0.39, 0.29) is 29.5 Å². The third-order valence-electron chi connectivity index (χ3n) is 3.38. The molecule has 0 aromatic heterocycles. The summed E-state index contributed by atoms with van der Waals surface area (Å²) < 4.78 is 4.90. The second kappa shape index (κ2) is 9.09. The lowest BCUT2D eigenvalue weighted by Crippen LogP contribution is -2.13. The normalized spacial score (nSPS) is 10.4. The molecule has 4 nitrogen and oxygen atoms in total. The Hall–Kier alpha value is -1.75. The van der Waals surface area contributed by atoms with Gasteiger partial charge in [-0.15, -0.1) is 0 Å². The van der Waals surface area contributed by atoms with E-state index in [2.05, 4.69) is 5.32 Å². The Morgan fingerprint density at radius 1 is 1.04 bits per heavy atom. The minimum atomic E-state index is -0.497. The lowest BCUT2D eigenvalue weighted by Gasteiger charge is -2.09. The molecule has 2 aromatic carbocycles. The van der Waals surface area contributed by atoms with Crippen LogP contribution in [-0.4, -0.2) is 18.5 Å². The number of halogens is 3. The molecule has 0 heterocycles. The van der Waals surface area contributed by atoms with Gasteiger partial charge in [0.15, 0.2) is 0 Å². The summed E-state index contributed by atoms with van der Waals surface area (Å²) >= 11 is 18.0. The zero-order chi connectivity index (χ0) is 18.4. The van der Waals surface area contributed by atoms with Gasteiger partial charge in [0.05, 0.1) is 17.2 Å². The lowest BCUT2D eigenvalue weighted by atomic mass is 10.1. The first-order chi connectivity index (χ1) is 11.9. The fourth-order valence-corrected chi connectivity index (χ4v) is 2.92. The predicted molar refractivity (Wildman–Crippen MR) is 101 cm³/mol. The Morgan fingerprint density at radius 2 is 1.80 bits per heavy atom. The van der Waals surface area contributed by atoms with Crippen molar-refractivity contribution in [1.82, 2.24) is 0 Å². The van der Waals surface area contributed by atoms with Crippen LogP contribution in [0.4, 0.5) is 5.69 Å². The fourth-order valence-electron chi connectivity index (χ4n) is 2.16. The van der Waals surface area contributed by atoms with E-state index in [4.69, 9.17) is 39.5 Å². The van der Waals surface area contributed by atoms with Crippen LogP contribution >= 0.6 is 34.8 Å². The zero-order valence-electron chi connectivity index (χ0n) is 13.4. The van der Waals surface area contributed by atoms with Crippen molar-refractivity contribution in [3.8, 4) is 0 Å². The standard InChI is InChI=1S/C18H16Cl3NO3/c1-2-25-18(24)14-7-6-13(10-16(14)21)22-17(23)8-4-11-3-5-12(19)9-15(11)20/h3,5-7,9-10H,2,4,8H2,1H3,(H,22,23). The number of aryl methyl sites for hydroxylation is 1. The number of amides is 1. The largest absolute Gasteiger partial charge is 0.462 e. The number of benzene rings is 2. The van der Waals surface area contributed by atoms with Crippen LogP contribution in [0.1, 0.15) is 29.3 Å². The van der Waals surface area contributed by atoms with Gasteiger partial charge in [0, 0.05) is 22.2 Å². The molecule has 1 amide bonds. The number of hydrogen-bond acceptors (Lipinski definition) is 3. The lowest BCUT2D eigenvalue weighted by molar-refractivity contribution is -0.116. The molecule has 1 N–H and O–H groups in total. The van der Waals surface area contributed by atoms with E-state index in [0.29, 0.717) is 22.2 Å². The molecule has 0 fully saturated rings. The van der Waals surface area contributed by atoms with Gasteiger partial charge in [-0.3, -0.25) is 4.79 Å². The molecule has 7 heteroatoms. The van der Waals surface area contributed by atoms with Crippen molar-refractivity contribution in [2.24, 2.45) is 0 Å². The van der Waals surface area contributed by atoms with Gasteiger partial charge in [0.25, 0.3) is 0 Å². The number of hydrogen-bond donors (Lipinski definition) is 1. The van der Waals surface area contributed by atoms with Gasteiger partial charge < -0.3 is 10.1 Å². The molecule has 0 unspecified atom stereocenters. The number of anilines is 1. The van der Waals surface area contributed by atoms with Crippen molar-refractivity contribution in [2.45, 2.75) is 19.8 Å². The summed E-state index contributed by atoms with van der Waals surface area (Å²) in [5.74, 6) is -0.686. The summed E-state index contributed by atoms with van der Waals surface area (Å²) in [5.41, 5.74) is 1.61. The number of ether oxygens (including phenoxy) is 1. The number of carbonyl (C=O) groups excluding carboxylic acids is 2. The number of rotatable bonds is 6. The molecule has 132 valence electrons. The topological polar surface area (TPSA) is 55.4 Å². The van der Waals surface area contributed by atoms with E-state index in [1.807, 2.05) is 0 Å². The molecule has 2 rings (SSSR count). The smallest absolute Gasteiger partial charge is 0.339 e. The summed E-state index contributed by atoms with van der Waals surface area (Å²) in [7, 11) is 0. The van der Waals surface area contributed by atoms with Crippen LogP contribution in [0.5, 0.6) is 0 Å². The maximum absolute atomic E-state index is 12.1. The van der Waals surface area contributed by atoms with E-state index in [0.717, 1.165) is 5.56 Å². The first-order valence-corrected chi connectivity index (χ1v) is 8.74. The first kappa shape index (κ1) is 19.6. The molecular formula is C18H16Cl3NO3. The second-order valence-electron chi connectivity index (χ2n) is 5.20. The molecule has 0 aliphatic heterocycles. The van der Waals surface area contributed by atoms with Crippen molar-refractivity contribution >= 4 is 52.4 Å². The average molecular weight is 401 g/mol. The Morgan fingerprint density at radius 3 is 2.44 bits per heavy atom. The summed E-state index contributed by atoms with van der Waals surface area (Å²) in [6.45, 7) is 1.98. The van der Waals surface area contributed by atoms with Crippen LogP contribution < -0.4 is 5.32 Å². The molecule has 0 saturated carbocycles. The SMILES string of the molecule is CCOC(=O)c1ccc(NC(=O)CCc2ccc(Cl)cc2Cl)cc1Cl. The van der Waals surface area contributed by atoms with Crippen LogP contribution in [0.3, 0.4) is 0 Å². The average Bonchev–Trinajstić information content (AvgIpc) is 2.54. The highest BCUT2D eigenvalue weighted by atomic mass is 35.5. The summed E-state index contributed by atoms with van der Waals surface area (Å²) in [5, 5.41) is 4.04. The van der Waals surface area contributed by atoms with Gasteiger partial charge in [-0.25, -0.2) is 4.79 Å². The molecule has 25 heavy (non-hydrogen) atoms. The van der Waals surface area contributed by atoms with Crippen molar-refractivity contribution < 1.29 is 14.3 Å².